The summed E-state index contributed by atoms with van der Waals surface area (Å²) < 4.78 is 0. The van der Waals surface area contributed by atoms with Crippen LogP contribution in [0.4, 0.5) is 0 Å². The molecule has 0 saturated carbocycles. The molecule has 3 nitrogen and oxygen atoms in total. The fourth-order valence-corrected chi connectivity index (χ4v) is 2.38. The lowest BCUT2D eigenvalue weighted by molar-refractivity contribution is 0.193. The largest absolute Gasteiger partial charge is 0.311 e. The van der Waals surface area contributed by atoms with Crippen LogP contribution >= 0.6 is 0 Å². The quantitative estimate of drug-likeness (QED) is 0.815. The van der Waals surface area contributed by atoms with Crippen molar-refractivity contribution in [1.29, 1.82) is 5.26 Å². The third-order valence-electron chi connectivity index (χ3n) is 3.36. The Balaban J connectivity index is 2.56. The topological polar surface area (TPSA) is 39.1 Å². The number of nitrogens with one attached hydrogen (secondary N) is 1. The fraction of sp³-hybridized carbons (Fsp3) is 0.929. The highest BCUT2D eigenvalue weighted by Crippen LogP contribution is 2.20. The van der Waals surface area contributed by atoms with E-state index in [-0.39, 0.29) is 0 Å². The highest BCUT2D eigenvalue weighted by molar-refractivity contribution is 4.90. The van der Waals surface area contributed by atoms with E-state index in [1.807, 2.05) is 0 Å². The number of hydrogen-bond donors (Lipinski definition) is 1. The van der Waals surface area contributed by atoms with Crippen LogP contribution in [0.15, 0.2) is 0 Å². The van der Waals surface area contributed by atoms with Gasteiger partial charge in [-0.3, -0.25) is 0 Å². The Bertz CT molecular complexity index is 265. The van der Waals surface area contributed by atoms with Gasteiger partial charge < -0.3 is 10.2 Å². The van der Waals surface area contributed by atoms with Gasteiger partial charge in [-0.1, -0.05) is 27.7 Å². The van der Waals surface area contributed by atoms with E-state index < -0.39 is 0 Å². The van der Waals surface area contributed by atoms with Gasteiger partial charge in [0.2, 0.25) is 0 Å². The first kappa shape index (κ1) is 14.5. The van der Waals surface area contributed by atoms with Crippen LogP contribution in [-0.4, -0.2) is 37.1 Å². The fourth-order valence-electron chi connectivity index (χ4n) is 2.38. The number of nitrogens with zero attached hydrogens (tertiary/aromatic N) is 2. The molecule has 1 aliphatic rings. The van der Waals surface area contributed by atoms with Gasteiger partial charge in [-0.2, -0.15) is 5.26 Å². The molecule has 1 aliphatic heterocycles. The molecule has 0 aromatic heterocycles. The molecule has 0 spiro atoms. The normalized spacial score (nSPS) is 25.5. The van der Waals surface area contributed by atoms with Crippen molar-refractivity contribution in [3.63, 3.8) is 0 Å². The van der Waals surface area contributed by atoms with Crippen LogP contribution in [0.1, 0.15) is 40.5 Å². The summed E-state index contributed by atoms with van der Waals surface area (Å²) in [6, 6.07) is 2.63. The molecule has 0 amide bonds. The van der Waals surface area contributed by atoms with E-state index in [1.54, 1.807) is 0 Å². The van der Waals surface area contributed by atoms with Gasteiger partial charge in [0.1, 0.15) is 0 Å². The number of rotatable bonds is 4. The summed E-state index contributed by atoms with van der Waals surface area (Å²) in [6.07, 6.45) is 1.86. The van der Waals surface area contributed by atoms with E-state index in [9.17, 15) is 0 Å². The van der Waals surface area contributed by atoms with E-state index in [4.69, 9.17) is 5.26 Å². The third-order valence-corrected chi connectivity index (χ3v) is 3.36. The van der Waals surface area contributed by atoms with E-state index in [1.165, 1.54) is 6.42 Å². The lowest BCUT2D eigenvalue weighted by Gasteiger charge is -2.29. The van der Waals surface area contributed by atoms with Crippen LogP contribution in [-0.2, 0) is 0 Å². The second-order valence-corrected chi connectivity index (χ2v) is 6.52. The van der Waals surface area contributed by atoms with Crippen molar-refractivity contribution in [2.75, 3.05) is 26.2 Å². The second-order valence-electron chi connectivity index (χ2n) is 6.52. The molecule has 0 aliphatic carbocycles. The molecule has 1 rings (SSSR count). The Hall–Kier alpha value is -0.590. The van der Waals surface area contributed by atoms with Crippen LogP contribution in [0, 0.1) is 22.7 Å². The van der Waals surface area contributed by atoms with Crippen molar-refractivity contribution in [2.24, 2.45) is 11.3 Å². The third kappa shape index (κ3) is 5.52. The van der Waals surface area contributed by atoms with Gasteiger partial charge in [0, 0.05) is 25.7 Å². The Morgan fingerprint density at radius 1 is 1.47 bits per heavy atom. The van der Waals surface area contributed by atoms with E-state index >= 15 is 0 Å². The molecular formula is C14H27N3. The monoisotopic (exact) mass is 237 g/mol. The summed E-state index contributed by atoms with van der Waals surface area (Å²) in [5, 5.41) is 12.4. The van der Waals surface area contributed by atoms with Gasteiger partial charge in [-0.25, -0.2) is 0 Å². The highest BCUT2D eigenvalue weighted by atomic mass is 15.2. The average molecular weight is 237 g/mol. The summed E-state index contributed by atoms with van der Waals surface area (Å²) >= 11 is 0. The summed E-state index contributed by atoms with van der Waals surface area (Å²) in [5.74, 6) is 0.753. The molecular weight excluding hydrogens is 210 g/mol. The maximum absolute atomic E-state index is 8.84. The molecule has 0 aromatic rings. The molecule has 1 fully saturated rings. The zero-order valence-corrected chi connectivity index (χ0v) is 11.8. The van der Waals surface area contributed by atoms with Crippen LogP contribution in [0.2, 0.25) is 0 Å². The zero-order valence-electron chi connectivity index (χ0n) is 11.8. The number of nitriles is 1. The van der Waals surface area contributed by atoms with Crippen LogP contribution in [0.25, 0.3) is 0 Å². The first-order valence-corrected chi connectivity index (χ1v) is 6.75. The molecule has 98 valence electrons. The standard InChI is InChI=1S/C14H27N3/c1-12(2)6-8-17-9-13(5-7-15)16-10-14(3,4)11-17/h12-13,16H,5-6,8-11H2,1-4H3. The molecule has 0 aromatic carbocycles. The molecule has 1 N–H and O–H groups in total. The Kier molecular flexibility index (Phi) is 5.42. The summed E-state index contributed by atoms with van der Waals surface area (Å²) in [5.41, 5.74) is 0.307. The maximum Gasteiger partial charge on any atom is 0.0638 e. The van der Waals surface area contributed by atoms with Gasteiger partial charge in [0.25, 0.3) is 0 Å². The molecule has 0 radical (unpaired) electrons. The van der Waals surface area contributed by atoms with E-state index in [2.05, 4.69) is 44.0 Å². The summed E-state index contributed by atoms with van der Waals surface area (Å²) in [6.45, 7) is 13.5. The molecule has 3 heteroatoms. The van der Waals surface area contributed by atoms with Crippen molar-refractivity contribution in [3.05, 3.63) is 0 Å². The minimum absolute atomic E-state index is 0.307. The minimum Gasteiger partial charge on any atom is -0.311 e. The number of hydrogen-bond acceptors (Lipinski definition) is 3. The molecule has 1 heterocycles. The van der Waals surface area contributed by atoms with Crippen LogP contribution < -0.4 is 5.32 Å². The van der Waals surface area contributed by atoms with Gasteiger partial charge in [0.15, 0.2) is 0 Å². The Morgan fingerprint density at radius 2 is 2.18 bits per heavy atom. The van der Waals surface area contributed by atoms with Gasteiger partial charge >= 0.3 is 0 Å². The van der Waals surface area contributed by atoms with E-state index in [0.717, 1.165) is 32.1 Å². The molecule has 1 saturated heterocycles. The first-order valence-electron chi connectivity index (χ1n) is 6.75. The van der Waals surface area contributed by atoms with Crippen molar-refractivity contribution in [1.82, 2.24) is 10.2 Å². The SMILES string of the molecule is CC(C)CCN1CC(CC#N)NCC(C)(C)C1. The highest BCUT2D eigenvalue weighted by Gasteiger charge is 2.28. The molecule has 0 bridgehead atoms. The maximum atomic E-state index is 8.84. The predicted octanol–water partition coefficient (Wildman–Crippen LogP) is 2.25. The van der Waals surface area contributed by atoms with Crippen LogP contribution in [0.3, 0.4) is 0 Å². The lowest BCUT2D eigenvalue weighted by atomic mass is 9.93. The molecule has 17 heavy (non-hydrogen) atoms. The summed E-state index contributed by atoms with van der Waals surface area (Å²) in [4.78, 5) is 2.53. The van der Waals surface area contributed by atoms with Gasteiger partial charge in [-0.15, -0.1) is 0 Å². The average Bonchev–Trinajstić information content (AvgIpc) is 2.35. The predicted molar refractivity (Wildman–Crippen MR) is 71.7 cm³/mol. The minimum atomic E-state index is 0.307. The second kappa shape index (κ2) is 6.37. The smallest absolute Gasteiger partial charge is 0.0638 e. The lowest BCUT2D eigenvalue weighted by Crippen LogP contribution is -2.38. The van der Waals surface area contributed by atoms with Crippen molar-refractivity contribution in [3.8, 4) is 6.07 Å². The van der Waals surface area contributed by atoms with E-state index in [0.29, 0.717) is 17.9 Å². The van der Waals surface area contributed by atoms with Crippen LogP contribution in [0.5, 0.6) is 0 Å². The van der Waals surface area contributed by atoms with Crippen molar-refractivity contribution < 1.29 is 0 Å². The molecule has 1 atom stereocenters. The first-order chi connectivity index (χ1) is 7.93. The summed E-state index contributed by atoms with van der Waals surface area (Å²) in [7, 11) is 0. The van der Waals surface area contributed by atoms with Crippen molar-refractivity contribution >= 4 is 0 Å². The Labute approximate surface area is 106 Å². The van der Waals surface area contributed by atoms with Gasteiger partial charge in [-0.05, 0) is 24.3 Å². The van der Waals surface area contributed by atoms with Crippen molar-refractivity contribution in [2.45, 2.75) is 46.6 Å². The molecule has 1 unspecified atom stereocenters. The van der Waals surface area contributed by atoms with Gasteiger partial charge in [0.05, 0.1) is 12.5 Å². The zero-order chi connectivity index (χ0) is 12.9. The Morgan fingerprint density at radius 3 is 2.76 bits per heavy atom.